The average Bonchev–Trinajstić information content (AvgIpc) is 3.73. The highest BCUT2D eigenvalue weighted by molar-refractivity contribution is 5.52. The van der Waals surface area contributed by atoms with Crippen LogP contribution < -0.4 is 9.47 Å². The summed E-state index contributed by atoms with van der Waals surface area (Å²) >= 11 is 0. The van der Waals surface area contributed by atoms with Gasteiger partial charge in [-0.1, -0.05) is 56.3 Å². The van der Waals surface area contributed by atoms with Crippen LogP contribution in [0.2, 0.25) is 0 Å². The van der Waals surface area contributed by atoms with E-state index in [2.05, 4.69) is 63.9 Å². The molecule has 0 aromatic heterocycles. The van der Waals surface area contributed by atoms with E-state index in [1.165, 1.54) is 11.1 Å². The van der Waals surface area contributed by atoms with Crippen LogP contribution in [0.3, 0.4) is 0 Å². The summed E-state index contributed by atoms with van der Waals surface area (Å²) < 4.78 is 22.9. The molecule has 0 saturated carbocycles. The van der Waals surface area contributed by atoms with Crippen LogP contribution in [-0.2, 0) is 34.2 Å². The van der Waals surface area contributed by atoms with Gasteiger partial charge in [-0.3, -0.25) is 0 Å². The number of ether oxygens (including phenoxy) is 4. The minimum atomic E-state index is -0.224. The monoisotopic (exact) mass is 460 g/mol. The van der Waals surface area contributed by atoms with Crippen molar-refractivity contribution in [2.75, 3.05) is 26.4 Å². The first-order valence-electron chi connectivity index (χ1n) is 12.1. The lowest BCUT2D eigenvalue weighted by molar-refractivity contribution is 0.259. The highest BCUT2D eigenvalue weighted by atomic mass is 16.6. The predicted molar refractivity (Wildman–Crippen MR) is 137 cm³/mol. The van der Waals surface area contributed by atoms with Crippen LogP contribution in [0.5, 0.6) is 11.5 Å². The van der Waals surface area contributed by atoms with Crippen LogP contribution >= 0.6 is 0 Å². The highest BCUT2D eigenvalue weighted by Crippen LogP contribution is 2.39. The maximum Gasteiger partial charge on any atom is 0.126 e. The topological polar surface area (TPSA) is 43.5 Å². The third-order valence-corrected chi connectivity index (χ3v) is 6.48. The van der Waals surface area contributed by atoms with Crippen molar-refractivity contribution < 1.29 is 18.9 Å². The van der Waals surface area contributed by atoms with Crippen molar-refractivity contribution in [2.45, 2.75) is 50.7 Å². The molecule has 2 aliphatic rings. The fraction of sp³-hybridized carbons (Fsp3) is 0.400. The van der Waals surface area contributed by atoms with E-state index >= 15 is 0 Å². The lowest BCUT2D eigenvalue weighted by Gasteiger charge is -2.29. The van der Waals surface area contributed by atoms with Gasteiger partial charge in [0.1, 0.15) is 36.9 Å². The van der Waals surface area contributed by atoms with Crippen molar-refractivity contribution in [1.82, 2.24) is 0 Å². The number of hydrogen-bond acceptors (Lipinski definition) is 4. The molecule has 4 nitrogen and oxygen atoms in total. The van der Waals surface area contributed by atoms with E-state index in [0.29, 0.717) is 13.2 Å². The summed E-state index contributed by atoms with van der Waals surface area (Å²) in [7, 11) is 0. The number of hydrogen-bond donors (Lipinski definition) is 0. The predicted octanol–water partition coefficient (Wildman–Crippen LogP) is 5.75. The van der Waals surface area contributed by atoms with Crippen molar-refractivity contribution in [3.63, 3.8) is 0 Å². The summed E-state index contributed by atoms with van der Waals surface area (Å²) in [4.78, 5) is 0. The summed E-state index contributed by atoms with van der Waals surface area (Å²) in [6.45, 7) is 19.2. The molecule has 0 bridgehead atoms. The molecule has 2 saturated heterocycles. The van der Waals surface area contributed by atoms with Crippen LogP contribution in [0.1, 0.15) is 41.7 Å². The first kappa shape index (κ1) is 24.3. The van der Waals surface area contributed by atoms with Crippen LogP contribution in [0.4, 0.5) is 0 Å². The van der Waals surface area contributed by atoms with Gasteiger partial charge in [-0.25, -0.2) is 0 Å². The van der Waals surface area contributed by atoms with Gasteiger partial charge in [-0.2, -0.15) is 0 Å². The molecular weight excluding hydrogens is 424 g/mol. The molecule has 4 heteroatoms. The Balaban J connectivity index is 1.69. The van der Waals surface area contributed by atoms with E-state index in [1.54, 1.807) is 0 Å². The minimum absolute atomic E-state index is 0.208. The molecule has 2 aromatic rings. The van der Waals surface area contributed by atoms with Crippen molar-refractivity contribution in [3.8, 4) is 11.5 Å². The van der Waals surface area contributed by atoms with Crippen molar-refractivity contribution in [2.24, 2.45) is 0 Å². The third-order valence-electron chi connectivity index (χ3n) is 6.48. The molecule has 180 valence electrons. The van der Waals surface area contributed by atoms with Gasteiger partial charge in [-0.15, -0.1) is 19.7 Å². The second-order valence-corrected chi connectivity index (χ2v) is 9.58. The molecule has 4 rings (SSSR count). The van der Waals surface area contributed by atoms with E-state index < -0.39 is 0 Å². The maximum absolute atomic E-state index is 6.23. The smallest absolute Gasteiger partial charge is 0.126 e. The van der Waals surface area contributed by atoms with Gasteiger partial charge in [0.25, 0.3) is 0 Å². The molecule has 0 N–H and O–H groups in total. The molecule has 0 radical (unpaired) electrons. The molecule has 0 aliphatic carbocycles. The zero-order valence-corrected chi connectivity index (χ0v) is 20.5. The lowest BCUT2D eigenvalue weighted by atomic mass is 9.76. The molecule has 2 aromatic carbocycles. The van der Waals surface area contributed by atoms with Crippen LogP contribution in [-0.4, -0.2) is 38.6 Å². The largest absolute Gasteiger partial charge is 0.490 e. The fourth-order valence-corrected chi connectivity index (χ4v) is 4.19. The van der Waals surface area contributed by atoms with Gasteiger partial charge in [0.2, 0.25) is 0 Å². The van der Waals surface area contributed by atoms with Crippen LogP contribution in [0.25, 0.3) is 0 Å². The Morgan fingerprint density at radius 1 is 0.794 bits per heavy atom. The normalized spacial score (nSPS) is 18.8. The van der Waals surface area contributed by atoms with Gasteiger partial charge in [0, 0.05) is 5.41 Å². The van der Waals surface area contributed by atoms with E-state index in [1.807, 2.05) is 18.2 Å². The van der Waals surface area contributed by atoms with Gasteiger partial charge in [0.15, 0.2) is 0 Å². The molecule has 2 fully saturated rings. The van der Waals surface area contributed by atoms with Gasteiger partial charge >= 0.3 is 0 Å². The van der Waals surface area contributed by atoms with Crippen LogP contribution in [0.15, 0.2) is 68.3 Å². The average molecular weight is 461 g/mol. The SMILES string of the molecule is C=CCc1cc(C(C)(C)c2cc(CC=C)c(OCC3CO3)c(CC=C)c2)ccc1OCC1CO1. The number of benzene rings is 2. The molecule has 0 amide bonds. The Morgan fingerprint density at radius 3 is 1.82 bits per heavy atom. The Kier molecular flexibility index (Phi) is 7.60. The summed E-state index contributed by atoms with van der Waals surface area (Å²) in [6.07, 6.45) is 8.46. The number of allylic oxidation sites excluding steroid dienone is 3. The molecular formula is C30H36O4. The molecule has 2 unspecified atom stereocenters. The first-order chi connectivity index (χ1) is 16.5. The van der Waals surface area contributed by atoms with Crippen molar-refractivity contribution in [3.05, 3.63) is 96.1 Å². The minimum Gasteiger partial charge on any atom is -0.490 e. The van der Waals surface area contributed by atoms with Gasteiger partial charge in [0.05, 0.1) is 13.2 Å². The van der Waals surface area contributed by atoms with E-state index in [0.717, 1.165) is 60.7 Å². The zero-order chi connectivity index (χ0) is 24.1. The third kappa shape index (κ3) is 5.81. The Morgan fingerprint density at radius 2 is 1.29 bits per heavy atom. The Hall–Kier alpha value is -2.82. The number of rotatable bonds is 14. The van der Waals surface area contributed by atoms with E-state index in [-0.39, 0.29) is 17.6 Å². The molecule has 0 spiro atoms. The summed E-state index contributed by atoms with van der Waals surface area (Å²) in [5.41, 5.74) is 5.68. The van der Waals surface area contributed by atoms with Crippen molar-refractivity contribution >= 4 is 0 Å². The van der Waals surface area contributed by atoms with Gasteiger partial charge in [-0.05, 0) is 53.1 Å². The summed E-state index contributed by atoms with van der Waals surface area (Å²) in [5, 5.41) is 0. The Labute approximate surface area is 203 Å². The highest BCUT2D eigenvalue weighted by Gasteiger charge is 2.29. The van der Waals surface area contributed by atoms with Crippen molar-refractivity contribution in [1.29, 1.82) is 0 Å². The maximum atomic E-state index is 6.23. The number of epoxide rings is 2. The lowest BCUT2D eigenvalue weighted by Crippen LogP contribution is -2.21. The quantitative estimate of drug-likeness (QED) is 0.266. The molecule has 2 aliphatic heterocycles. The standard InChI is InChI=1S/C30H36O4/c1-6-9-21-14-24(12-13-28(21)33-19-26-17-31-26)30(4,5)25-15-22(10-7-2)29(23(16-25)11-8-3)34-20-27-18-32-27/h6-8,12-16,26-27H,1-3,9-11,17-20H2,4-5H3. The molecule has 2 atom stereocenters. The molecule has 2 heterocycles. The van der Waals surface area contributed by atoms with E-state index in [4.69, 9.17) is 18.9 Å². The van der Waals surface area contributed by atoms with E-state index in [9.17, 15) is 0 Å². The fourth-order valence-electron chi connectivity index (χ4n) is 4.19. The first-order valence-corrected chi connectivity index (χ1v) is 12.1. The second kappa shape index (κ2) is 10.6. The summed E-state index contributed by atoms with van der Waals surface area (Å²) in [5.74, 6) is 1.84. The second-order valence-electron chi connectivity index (χ2n) is 9.58. The zero-order valence-electron chi connectivity index (χ0n) is 20.5. The summed E-state index contributed by atoms with van der Waals surface area (Å²) in [6, 6.07) is 11.0. The molecule has 34 heavy (non-hydrogen) atoms. The van der Waals surface area contributed by atoms with Crippen LogP contribution in [0, 0.1) is 0 Å². The van der Waals surface area contributed by atoms with Gasteiger partial charge < -0.3 is 18.9 Å². The Bertz CT molecular complexity index is 1010.